The van der Waals surface area contributed by atoms with Gasteiger partial charge in [0.25, 0.3) is 0 Å². The molecule has 1 N–H and O–H groups in total. The van der Waals surface area contributed by atoms with Gasteiger partial charge in [0.2, 0.25) is 0 Å². The molecule has 3 rings (SSSR count). The summed E-state index contributed by atoms with van der Waals surface area (Å²) in [4.78, 5) is 1.10. The van der Waals surface area contributed by atoms with Crippen LogP contribution in [0.4, 0.5) is 0 Å². The first-order chi connectivity index (χ1) is 10.8. The van der Waals surface area contributed by atoms with Gasteiger partial charge in [0.05, 0.1) is 10.6 Å². The van der Waals surface area contributed by atoms with Crippen LogP contribution in [-0.4, -0.2) is 5.16 Å². The molecular weight excluding hydrogens is 316 g/mol. The summed E-state index contributed by atoms with van der Waals surface area (Å²) in [6, 6.07) is 14.3. The molecule has 1 aromatic carbocycles. The topological polar surface area (TPSA) is 38.1 Å². The number of rotatable bonds is 6. The van der Waals surface area contributed by atoms with Crippen molar-refractivity contribution in [1.82, 2.24) is 10.5 Å². The maximum absolute atomic E-state index is 5.94. The van der Waals surface area contributed by atoms with Crippen molar-refractivity contribution >= 4 is 22.9 Å². The molecule has 0 radical (unpaired) electrons. The summed E-state index contributed by atoms with van der Waals surface area (Å²) in [5.74, 6) is 0.825. The summed E-state index contributed by atoms with van der Waals surface area (Å²) >= 11 is 7.59. The quantitative estimate of drug-likeness (QED) is 0.665. The van der Waals surface area contributed by atoms with Crippen LogP contribution < -0.4 is 5.32 Å². The molecule has 5 heteroatoms. The third kappa shape index (κ3) is 3.58. The van der Waals surface area contributed by atoms with Crippen molar-refractivity contribution in [1.29, 1.82) is 0 Å². The fourth-order valence-corrected chi connectivity index (χ4v) is 3.15. The molecule has 0 fully saturated rings. The number of thiophene rings is 1. The molecule has 2 aromatic heterocycles. The lowest BCUT2D eigenvalue weighted by Crippen LogP contribution is -2.20. The summed E-state index contributed by atoms with van der Waals surface area (Å²) < 4.78 is 5.40. The second kappa shape index (κ2) is 7.09. The minimum atomic E-state index is 0.277. The molecule has 1 atom stereocenters. The fourth-order valence-electron chi connectivity index (χ4n) is 2.35. The third-order valence-electron chi connectivity index (χ3n) is 3.53. The number of hydrogen-bond donors (Lipinski definition) is 1. The zero-order valence-corrected chi connectivity index (χ0v) is 13.8. The monoisotopic (exact) mass is 332 g/mol. The SMILES string of the molecule is CCC(NCc1cc(-c2cccs2)on1)c1ccc(Cl)cc1. The molecule has 0 saturated carbocycles. The summed E-state index contributed by atoms with van der Waals surface area (Å²) in [6.45, 7) is 2.84. The highest BCUT2D eigenvalue weighted by molar-refractivity contribution is 7.13. The molecule has 114 valence electrons. The van der Waals surface area contributed by atoms with Gasteiger partial charge in [-0.25, -0.2) is 0 Å². The number of halogens is 1. The van der Waals surface area contributed by atoms with E-state index >= 15 is 0 Å². The van der Waals surface area contributed by atoms with Gasteiger partial charge in [-0.05, 0) is 35.6 Å². The molecule has 0 bridgehead atoms. The van der Waals surface area contributed by atoms with Crippen LogP contribution in [0.1, 0.15) is 30.6 Å². The van der Waals surface area contributed by atoms with Crippen molar-refractivity contribution in [3.63, 3.8) is 0 Å². The normalized spacial score (nSPS) is 12.5. The Labute approximate surface area is 138 Å². The van der Waals surface area contributed by atoms with E-state index in [0.29, 0.717) is 6.54 Å². The lowest BCUT2D eigenvalue weighted by atomic mass is 10.0. The van der Waals surface area contributed by atoms with Crippen molar-refractivity contribution in [3.05, 3.63) is 64.1 Å². The molecule has 0 saturated heterocycles. The van der Waals surface area contributed by atoms with Crippen LogP contribution in [0.3, 0.4) is 0 Å². The minimum Gasteiger partial charge on any atom is -0.355 e. The summed E-state index contributed by atoms with van der Waals surface area (Å²) in [5.41, 5.74) is 2.14. The molecule has 3 aromatic rings. The second-order valence-corrected chi connectivity index (χ2v) is 6.44. The van der Waals surface area contributed by atoms with Crippen LogP contribution in [0.25, 0.3) is 10.6 Å². The van der Waals surface area contributed by atoms with Crippen LogP contribution in [0.5, 0.6) is 0 Å². The van der Waals surface area contributed by atoms with Gasteiger partial charge in [-0.15, -0.1) is 11.3 Å². The first-order valence-electron chi connectivity index (χ1n) is 7.24. The van der Waals surface area contributed by atoms with Crippen molar-refractivity contribution in [2.45, 2.75) is 25.9 Å². The smallest absolute Gasteiger partial charge is 0.177 e. The maximum atomic E-state index is 5.94. The van der Waals surface area contributed by atoms with E-state index in [-0.39, 0.29) is 6.04 Å². The van der Waals surface area contributed by atoms with E-state index < -0.39 is 0 Å². The number of aromatic nitrogens is 1. The van der Waals surface area contributed by atoms with E-state index in [1.807, 2.05) is 35.7 Å². The molecule has 3 nitrogen and oxygen atoms in total. The number of nitrogens with zero attached hydrogens (tertiary/aromatic N) is 1. The van der Waals surface area contributed by atoms with Crippen molar-refractivity contribution < 1.29 is 4.52 Å². The maximum Gasteiger partial charge on any atom is 0.177 e. The first-order valence-corrected chi connectivity index (χ1v) is 8.50. The van der Waals surface area contributed by atoms with E-state index in [1.54, 1.807) is 11.3 Å². The average Bonchev–Trinajstić information content (AvgIpc) is 3.20. The predicted octanol–water partition coefficient (Wildman–Crippen LogP) is 5.30. The summed E-state index contributed by atoms with van der Waals surface area (Å²) in [5, 5.41) is 10.4. The highest BCUT2D eigenvalue weighted by Gasteiger charge is 2.11. The first kappa shape index (κ1) is 15.3. The lowest BCUT2D eigenvalue weighted by molar-refractivity contribution is 0.414. The van der Waals surface area contributed by atoms with Gasteiger partial charge in [-0.3, -0.25) is 0 Å². The van der Waals surface area contributed by atoms with E-state index in [0.717, 1.165) is 27.8 Å². The Kier molecular flexibility index (Phi) is 4.93. The standard InChI is InChI=1S/C17H17ClN2OS/c1-2-15(12-5-7-13(18)8-6-12)19-11-14-10-16(21-20-14)17-4-3-9-22-17/h3-10,15,19H,2,11H2,1H3. The zero-order valence-electron chi connectivity index (χ0n) is 12.3. The summed E-state index contributed by atoms with van der Waals surface area (Å²) in [6.07, 6.45) is 0.997. The highest BCUT2D eigenvalue weighted by atomic mass is 35.5. The Morgan fingerprint density at radius 1 is 1.27 bits per heavy atom. The van der Waals surface area contributed by atoms with E-state index in [9.17, 15) is 0 Å². The van der Waals surface area contributed by atoms with Crippen LogP contribution >= 0.6 is 22.9 Å². The number of nitrogens with one attached hydrogen (secondary N) is 1. The molecule has 0 aliphatic heterocycles. The summed E-state index contributed by atoms with van der Waals surface area (Å²) in [7, 11) is 0. The van der Waals surface area contributed by atoms with Crippen molar-refractivity contribution in [2.24, 2.45) is 0 Å². The van der Waals surface area contributed by atoms with Crippen molar-refractivity contribution in [2.75, 3.05) is 0 Å². The minimum absolute atomic E-state index is 0.277. The van der Waals surface area contributed by atoms with Crippen LogP contribution in [0.15, 0.2) is 52.4 Å². The Morgan fingerprint density at radius 3 is 2.77 bits per heavy atom. The van der Waals surface area contributed by atoms with E-state index in [1.165, 1.54) is 5.56 Å². The Balaban J connectivity index is 1.64. The van der Waals surface area contributed by atoms with E-state index in [4.69, 9.17) is 16.1 Å². The van der Waals surface area contributed by atoms with Crippen molar-refractivity contribution in [3.8, 4) is 10.6 Å². The van der Waals surface area contributed by atoms with E-state index in [2.05, 4.69) is 29.5 Å². The Morgan fingerprint density at radius 2 is 2.09 bits per heavy atom. The molecular formula is C17H17ClN2OS. The second-order valence-electron chi connectivity index (χ2n) is 5.05. The van der Waals surface area contributed by atoms with Gasteiger partial charge >= 0.3 is 0 Å². The third-order valence-corrected chi connectivity index (χ3v) is 4.67. The highest BCUT2D eigenvalue weighted by Crippen LogP contribution is 2.25. The van der Waals surface area contributed by atoms with Gasteiger partial charge in [0.15, 0.2) is 5.76 Å². The molecule has 0 aliphatic rings. The molecule has 0 aliphatic carbocycles. The average molecular weight is 333 g/mol. The largest absolute Gasteiger partial charge is 0.355 e. The molecule has 0 amide bonds. The zero-order chi connectivity index (χ0) is 15.4. The van der Waals surface area contributed by atoms with Gasteiger partial charge in [-0.2, -0.15) is 0 Å². The molecule has 0 spiro atoms. The van der Waals surface area contributed by atoms with Crippen LogP contribution in [0, 0.1) is 0 Å². The van der Waals surface area contributed by atoms with Gasteiger partial charge in [0.1, 0.15) is 0 Å². The predicted molar refractivity (Wildman–Crippen MR) is 91.1 cm³/mol. The fraction of sp³-hybridized carbons (Fsp3) is 0.235. The lowest BCUT2D eigenvalue weighted by Gasteiger charge is -2.16. The Bertz CT molecular complexity index is 707. The molecule has 2 heterocycles. The Hall–Kier alpha value is -1.62. The number of hydrogen-bond acceptors (Lipinski definition) is 4. The van der Waals surface area contributed by atoms with Gasteiger partial charge < -0.3 is 9.84 Å². The molecule has 1 unspecified atom stereocenters. The number of benzene rings is 1. The van der Waals surface area contributed by atoms with Crippen LogP contribution in [0.2, 0.25) is 5.02 Å². The molecule has 22 heavy (non-hydrogen) atoms. The van der Waals surface area contributed by atoms with Gasteiger partial charge in [-0.1, -0.05) is 41.9 Å². The van der Waals surface area contributed by atoms with Gasteiger partial charge in [0, 0.05) is 23.7 Å². The van der Waals surface area contributed by atoms with Crippen LogP contribution in [-0.2, 0) is 6.54 Å².